The molecule has 0 radical (unpaired) electrons. The molecule has 84 valence electrons. The third-order valence-electron chi connectivity index (χ3n) is 2.77. The maximum atomic E-state index is 11.7. The Bertz CT molecular complexity index is 450. The first-order chi connectivity index (χ1) is 6.99. The zero-order valence-electron chi connectivity index (χ0n) is 8.86. The van der Waals surface area contributed by atoms with Gasteiger partial charge >= 0.3 is 0 Å². The van der Waals surface area contributed by atoms with Gasteiger partial charge in [-0.05, 0) is 26.0 Å². The standard InChI is InChI=1S/C10H15NO2S2/c1-7-3-4-10(14-7)9-6-15(12,13)8(2)5-11-9/h3-4,8-9,11H,5-6H2,1-2H3. The van der Waals surface area contributed by atoms with Crippen LogP contribution in [0.15, 0.2) is 12.1 Å². The van der Waals surface area contributed by atoms with Crippen LogP contribution in [0.4, 0.5) is 0 Å². The van der Waals surface area contributed by atoms with Gasteiger partial charge in [-0.3, -0.25) is 0 Å². The quantitative estimate of drug-likeness (QED) is 0.815. The summed E-state index contributed by atoms with van der Waals surface area (Å²) in [6.45, 7) is 4.36. The number of aryl methyl sites for hydroxylation is 1. The topological polar surface area (TPSA) is 46.2 Å². The van der Waals surface area contributed by atoms with E-state index in [1.54, 1.807) is 18.3 Å². The first-order valence-electron chi connectivity index (χ1n) is 5.00. The smallest absolute Gasteiger partial charge is 0.156 e. The molecule has 0 aliphatic carbocycles. The number of sulfone groups is 1. The van der Waals surface area contributed by atoms with E-state index in [9.17, 15) is 8.42 Å². The van der Waals surface area contributed by atoms with Gasteiger partial charge in [-0.2, -0.15) is 0 Å². The van der Waals surface area contributed by atoms with Crippen molar-refractivity contribution in [3.63, 3.8) is 0 Å². The summed E-state index contributed by atoms with van der Waals surface area (Å²) < 4.78 is 23.5. The zero-order valence-corrected chi connectivity index (χ0v) is 10.5. The monoisotopic (exact) mass is 245 g/mol. The minimum atomic E-state index is -2.91. The van der Waals surface area contributed by atoms with Crippen molar-refractivity contribution in [1.82, 2.24) is 5.32 Å². The van der Waals surface area contributed by atoms with Crippen LogP contribution >= 0.6 is 11.3 Å². The van der Waals surface area contributed by atoms with Crippen molar-refractivity contribution in [2.24, 2.45) is 0 Å². The van der Waals surface area contributed by atoms with Crippen molar-refractivity contribution in [2.75, 3.05) is 12.3 Å². The summed E-state index contributed by atoms with van der Waals surface area (Å²) >= 11 is 1.67. The molecular weight excluding hydrogens is 230 g/mol. The van der Waals surface area contributed by atoms with E-state index in [-0.39, 0.29) is 17.0 Å². The number of nitrogens with one attached hydrogen (secondary N) is 1. The van der Waals surface area contributed by atoms with E-state index < -0.39 is 9.84 Å². The fraction of sp³-hybridized carbons (Fsp3) is 0.600. The first-order valence-corrected chi connectivity index (χ1v) is 7.53. The van der Waals surface area contributed by atoms with Crippen molar-refractivity contribution < 1.29 is 8.42 Å². The zero-order chi connectivity index (χ0) is 11.1. The molecule has 0 aromatic carbocycles. The molecule has 2 heterocycles. The molecule has 0 amide bonds. The van der Waals surface area contributed by atoms with E-state index >= 15 is 0 Å². The number of rotatable bonds is 1. The Balaban J connectivity index is 2.20. The molecule has 15 heavy (non-hydrogen) atoms. The Kier molecular flexibility index (Phi) is 2.87. The third kappa shape index (κ3) is 2.24. The highest BCUT2D eigenvalue weighted by Crippen LogP contribution is 2.27. The van der Waals surface area contributed by atoms with E-state index in [0.29, 0.717) is 6.54 Å². The van der Waals surface area contributed by atoms with Crippen LogP contribution in [0.1, 0.15) is 22.7 Å². The molecule has 1 aromatic heterocycles. The highest BCUT2D eigenvalue weighted by Gasteiger charge is 2.31. The SMILES string of the molecule is Cc1ccc(C2CS(=O)(=O)C(C)CN2)s1. The second kappa shape index (κ2) is 3.88. The van der Waals surface area contributed by atoms with Crippen LogP contribution in [-0.2, 0) is 9.84 Å². The first kappa shape index (κ1) is 11.1. The van der Waals surface area contributed by atoms with E-state index in [1.165, 1.54) is 4.88 Å². The normalized spacial score (nSPS) is 30.3. The molecule has 1 fully saturated rings. The van der Waals surface area contributed by atoms with Crippen molar-refractivity contribution >= 4 is 21.2 Å². The molecule has 1 saturated heterocycles. The van der Waals surface area contributed by atoms with Gasteiger partial charge in [0.15, 0.2) is 9.84 Å². The molecule has 1 aliphatic rings. The van der Waals surface area contributed by atoms with Gasteiger partial charge in [-0.1, -0.05) is 0 Å². The Morgan fingerprint density at radius 1 is 1.47 bits per heavy atom. The van der Waals surface area contributed by atoms with E-state index in [4.69, 9.17) is 0 Å². The average Bonchev–Trinajstić information content (AvgIpc) is 2.57. The number of thiophene rings is 1. The molecule has 0 saturated carbocycles. The van der Waals surface area contributed by atoms with Crippen LogP contribution in [0.3, 0.4) is 0 Å². The average molecular weight is 245 g/mol. The Hall–Kier alpha value is -0.390. The van der Waals surface area contributed by atoms with Crippen molar-refractivity contribution in [1.29, 1.82) is 0 Å². The predicted octanol–water partition coefficient (Wildman–Crippen LogP) is 1.50. The molecule has 1 N–H and O–H groups in total. The minimum absolute atomic E-state index is 0.00935. The fourth-order valence-electron chi connectivity index (χ4n) is 1.71. The lowest BCUT2D eigenvalue weighted by molar-refractivity contribution is 0.506. The lowest BCUT2D eigenvalue weighted by Crippen LogP contribution is -2.44. The molecule has 1 aliphatic heterocycles. The van der Waals surface area contributed by atoms with Crippen LogP contribution in [0.2, 0.25) is 0 Å². The van der Waals surface area contributed by atoms with Gasteiger partial charge in [-0.25, -0.2) is 8.42 Å². The van der Waals surface area contributed by atoms with Gasteiger partial charge < -0.3 is 5.32 Å². The van der Waals surface area contributed by atoms with E-state index in [2.05, 4.69) is 5.32 Å². The highest BCUT2D eigenvalue weighted by atomic mass is 32.2. The van der Waals surface area contributed by atoms with Crippen LogP contribution in [0.25, 0.3) is 0 Å². The Labute approximate surface area is 94.4 Å². The molecular formula is C10H15NO2S2. The molecule has 3 nitrogen and oxygen atoms in total. The Morgan fingerprint density at radius 3 is 2.73 bits per heavy atom. The van der Waals surface area contributed by atoms with Gasteiger partial charge in [0, 0.05) is 16.3 Å². The van der Waals surface area contributed by atoms with Gasteiger partial charge in [-0.15, -0.1) is 11.3 Å². The third-order valence-corrected chi connectivity index (χ3v) is 6.07. The minimum Gasteiger partial charge on any atom is -0.307 e. The lowest BCUT2D eigenvalue weighted by Gasteiger charge is -2.27. The summed E-state index contributed by atoms with van der Waals surface area (Å²) in [5.74, 6) is 0.230. The summed E-state index contributed by atoms with van der Waals surface area (Å²) in [5.41, 5.74) is 0. The molecule has 0 bridgehead atoms. The number of hydrogen-bond donors (Lipinski definition) is 1. The summed E-state index contributed by atoms with van der Waals surface area (Å²) in [6, 6.07) is 4.04. The van der Waals surface area contributed by atoms with Gasteiger partial charge in [0.1, 0.15) is 0 Å². The maximum Gasteiger partial charge on any atom is 0.156 e. The largest absolute Gasteiger partial charge is 0.307 e. The van der Waals surface area contributed by atoms with Crippen LogP contribution < -0.4 is 5.32 Å². The maximum absolute atomic E-state index is 11.7. The van der Waals surface area contributed by atoms with Gasteiger partial charge in [0.25, 0.3) is 0 Å². The van der Waals surface area contributed by atoms with Gasteiger partial charge in [0.05, 0.1) is 17.0 Å². The summed E-state index contributed by atoms with van der Waals surface area (Å²) in [7, 11) is -2.91. The molecule has 5 heteroatoms. The second-order valence-corrected chi connectivity index (χ2v) is 7.83. The Morgan fingerprint density at radius 2 is 2.20 bits per heavy atom. The molecule has 0 spiro atoms. The van der Waals surface area contributed by atoms with E-state index in [0.717, 1.165) is 4.88 Å². The highest BCUT2D eigenvalue weighted by molar-refractivity contribution is 7.92. The van der Waals surface area contributed by atoms with Crippen molar-refractivity contribution in [2.45, 2.75) is 25.1 Å². The van der Waals surface area contributed by atoms with Crippen molar-refractivity contribution in [3.05, 3.63) is 21.9 Å². The predicted molar refractivity (Wildman–Crippen MR) is 63.0 cm³/mol. The number of hydrogen-bond acceptors (Lipinski definition) is 4. The van der Waals surface area contributed by atoms with Crippen LogP contribution in [0, 0.1) is 6.92 Å². The van der Waals surface area contributed by atoms with Crippen molar-refractivity contribution in [3.8, 4) is 0 Å². The fourth-order valence-corrected chi connectivity index (χ4v) is 4.21. The lowest BCUT2D eigenvalue weighted by atomic mass is 10.2. The van der Waals surface area contributed by atoms with Crippen LogP contribution in [0.5, 0.6) is 0 Å². The van der Waals surface area contributed by atoms with Crippen LogP contribution in [-0.4, -0.2) is 26.0 Å². The molecule has 2 atom stereocenters. The summed E-state index contributed by atoms with van der Waals surface area (Å²) in [5, 5.41) is 3.03. The molecule has 2 unspecified atom stereocenters. The second-order valence-electron chi connectivity index (χ2n) is 4.05. The van der Waals surface area contributed by atoms with Gasteiger partial charge in [0.2, 0.25) is 0 Å². The molecule has 2 rings (SSSR count). The molecule has 1 aromatic rings. The summed E-state index contributed by atoms with van der Waals surface area (Å²) in [6.07, 6.45) is 0. The van der Waals surface area contributed by atoms with E-state index in [1.807, 2.05) is 19.1 Å². The summed E-state index contributed by atoms with van der Waals surface area (Å²) in [4.78, 5) is 2.35.